The van der Waals surface area contributed by atoms with Crippen LogP contribution in [0.15, 0.2) is 12.3 Å². The zero-order valence-electron chi connectivity index (χ0n) is 14.8. The summed E-state index contributed by atoms with van der Waals surface area (Å²) in [4.78, 5) is 12.6. The Kier molecular flexibility index (Phi) is 3.92. The molecule has 1 saturated heterocycles. The second-order valence-electron chi connectivity index (χ2n) is 6.96. The first-order chi connectivity index (χ1) is 13.2. The van der Waals surface area contributed by atoms with Gasteiger partial charge in [-0.15, -0.1) is 10.2 Å². The summed E-state index contributed by atoms with van der Waals surface area (Å²) in [6.45, 7) is 0.832. The molecule has 11 heteroatoms. The zero-order valence-corrected chi connectivity index (χ0v) is 15.6. The van der Waals surface area contributed by atoms with Crippen LogP contribution in [0.4, 0.5) is 17.6 Å². The van der Waals surface area contributed by atoms with Crippen molar-refractivity contribution >= 4 is 29.2 Å². The Bertz CT molecular complexity index is 962. The van der Waals surface area contributed by atoms with E-state index in [0.29, 0.717) is 34.3 Å². The van der Waals surface area contributed by atoms with E-state index < -0.39 is 0 Å². The highest BCUT2D eigenvalue weighted by molar-refractivity contribution is 6.32. The molecule has 1 aliphatic carbocycles. The van der Waals surface area contributed by atoms with Crippen LogP contribution in [0.5, 0.6) is 0 Å². The Labute approximate surface area is 160 Å². The molecule has 3 aromatic heterocycles. The van der Waals surface area contributed by atoms with Crippen molar-refractivity contribution in [2.24, 2.45) is 7.05 Å². The van der Waals surface area contributed by atoms with Crippen LogP contribution in [0.1, 0.15) is 49.2 Å². The van der Waals surface area contributed by atoms with E-state index >= 15 is 0 Å². The number of hydrogen-bond donors (Lipinski definition) is 2. The van der Waals surface area contributed by atoms with Gasteiger partial charge in [0.1, 0.15) is 5.02 Å². The van der Waals surface area contributed by atoms with Crippen molar-refractivity contribution in [3.63, 3.8) is 0 Å². The lowest BCUT2D eigenvalue weighted by Crippen LogP contribution is -2.25. The van der Waals surface area contributed by atoms with Crippen molar-refractivity contribution in [1.82, 2.24) is 40.4 Å². The number of aryl methyl sites for hydroxylation is 1. The number of halogens is 1. The Morgan fingerprint density at radius 3 is 2.96 bits per heavy atom. The summed E-state index contributed by atoms with van der Waals surface area (Å²) in [5.41, 5.74) is 1.15. The summed E-state index contributed by atoms with van der Waals surface area (Å²) >= 11 is 6.31. The van der Waals surface area contributed by atoms with E-state index in [1.54, 1.807) is 13.2 Å². The van der Waals surface area contributed by atoms with Crippen LogP contribution in [0.25, 0.3) is 0 Å². The molecule has 0 bridgehead atoms. The Morgan fingerprint density at radius 2 is 2.19 bits per heavy atom. The Hall–Kier alpha value is -2.75. The second-order valence-corrected chi connectivity index (χ2v) is 7.37. The molecule has 1 unspecified atom stereocenters. The van der Waals surface area contributed by atoms with E-state index in [9.17, 15) is 0 Å². The third kappa shape index (κ3) is 3.20. The molecule has 3 aromatic rings. The first-order valence-corrected chi connectivity index (χ1v) is 9.40. The molecule has 1 atom stereocenters. The highest BCUT2D eigenvalue weighted by atomic mass is 35.5. The van der Waals surface area contributed by atoms with Gasteiger partial charge in [0.15, 0.2) is 17.5 Å². The van der Waals surface area contributed by atoms with Crippen LogP contribution < -0.4 is 10.2 Å². The van der Waals surface area contributed by atoms with E-state index in [-0.39, 0.29) is 6.04 Å². The van der Waals surface area contributed by atoms with Crippen molar-refractivity contribution in [3.8, 4) is 0 Å². The van der Waals surface area contributed by atoms with Crippen molar-refractivity contribution in [3.05, 3.63) is 28.8 Å². The minimum Gasteiger partial charge on any atom is -0.330 e. The number of anilines is 3. The fourth-order valence-electron chi connectivity index (χ4n) is 3.42. The summed E-state index contributed by atoms with van der Waals surface area (Å²) < 4.78 is 0. The quantitative estimate of drug-likeness (QED) is 0.686. The van der Waals surface area contributed by atoms with Gasteiger partial charge < -0.3 is 10.2 Å². The second kappa shape index (κ2) is 6.45. The van der Waals surface area contributed by atoms with Gasteiger partial charge in [-0.2, -0.15) is 14.9 Å². The number of nitrogens with zero attached hydrogens (tertiary/aromatic N) is 8. The molecule has 1 saturated carbocycles. The number of aromatic amines is 1. The van der Waals surface area contributed by atoms with Crippen molar-refractivity contribution < 1.29 is 0 Å². The lowest BCUT2D eigenvalue weighted by molar-refractivity contribution is 0.613. The average Bonchev–Trinajstić information content (AvgIpc) is 3.06. The number of rotatable bonds is 5. The molecular formula is C16H19ClN10. The highest BCUT2D eigenvalue weighted by Gasteiger charge is 2.32. The van der Waals surface area contributed by atoms with E-state index in [2.05, 4.69) is 45.8 Å². The Balaban J connectivity index is 1.40. The van der Waals surface area contributed by atoms with Gasteiger partial charge in [0.25, 0.3) is 0 Å². The molecule has 10 nitrogen and oxygen atoms in total. The summed E-state index contributed by atoms with van der Waals surface area (Å²) in [7, 11) is 1.76. The predicted octanol–water partition coefficient (Wildman–Crippen LogP) is 2.34. The van der Waals surface area contributed by atoms with Gasteiger partial charge in [0.2, 0.25) is 5.95 Å². The summed E-state index contributed by atoms with van der Waals surface area (Å²) in [5.74, 6) is 3.12. The molecule has 27 heavy (non-hydrogen) atoms. The smallest absolute Gasteiger partial charge is 0.228 e. The normalized spacial score (nSPS) is 19.6. The van der Waals surface area contributed by atoms with Gasteiger partial charge in [0.05, 0.1) is 19.3 Å². The molecule has 1 aliphatic heterocycles. The molecule has 0 radical (unpaired) electrons. The van der Waals surface area contributed by atoms with Crippen LogP contribution in [0.2, 0.25) is 5.02 Å². The molecule has 0 spiro atoms. The van der Waals surface area contributed by atoms with Crippen LogP contribution in [0, 0.1) is 0 Å². The maximum atomic E-state index is 6.31. The lowest BCUT2D eigenvalue weighted by Gasteiger charge is -2.22. The maximum Gasteiger partial charge on any atom is 0.228 e. The molecule has 2 fully saturated rings. The maximum absolute atomic E-state index is 6.31. The van der Waals surface area contributed by atoms with Crippen molar-refractivity contribution in [1.29, 1.82) is 0 Å². The largest absolute Gasteiger partial charge is 0.330 e. The molecule has 2 N–H and O–H groups in total. The molecule has 5 rings (SSSR count). The van der Waals surface area contributed by atoms with E-state index in [4.69, 9.17) is 11.6 Å². The minimum atomic E-state index is 0.0135. The number of H-pyrrole nitrogens is 1. The van der Waals surface area contributed by atoms with E-state index in [0.717, 1.165) is 25.1 Å². The monoisotopic (exact) mass is 386 g/mol. The van der Waals surface area contributed by atoms with E-state index in [1.165, 1.54) is 17.6 Å². The fraction of sp³-hybridized carbons (Fsp3) is 0.500. The molecule has 0 amide bonds. The van der Waals surface area contributed by atoms with E-state index in [1.807, 2.05) is 6.07 Å². The minimum absolute atomic E-state index is 0.0135. The van der Waals surface area contributed by atoms with Crippen molar-refractivity contribution in [2.75, 3.05) is 16.8 Å². The van der Waals surface area contributed by atoms with Gasteiger partial charge in [-0.3, -0.25) is 5.10 Å². The van der Waals surface area contributed by atoms with Crippen LogP contribution in [-0.4, -0.2) is 46.9 Å². The van der Waals surface area contributed by atoms with Crippen LogP contribution in [0.3, 0.4) is 0 Å². The third-order valence-corrected chi connectivity index (χ3v) is 5.20. The SMILES string of the molecule is Cn1nnc(C2CCCN2c2ncc(Cl)c(Nc3cc(C4CC4)[nH]n3)n2)n1. The predicted molar refractivity (Wildman–Crippen MR) is 99.0 cm³/mol. The fourth-order valence-corrected chi connectivity index (χ4v) is 3.55. The zero-order chi connectivity index (χ0) is 18.4. The first-order valence-electron chi connectivity index (χ1n) is 9.03. The lowest BCUT2D eigenvalue weighted by atomic mass is 10.2. The third-order valence-electron chi connectivity index (χ3n) is 4.92. The van der Waals surface area contributed by atoms with Crippen molar-refractivity contribution in [2.45, 2.75) is 37.6 Å². The number of nitrogens with one attached hydrogen (secondary N) is 2. The molecule has 4 heterocycles. The molecule has 0 aromatic carbocycles. The Morgan fingerprint density at radius 1 is 1.30 bits per heavy atom. The van der Waals surface area contributed by atoms with Crippen LogP contribution >= 0.6 is 11.6 Å². The number of hydrogen-bond acceptors (Lipinski definition) is 8. The summed E-state index contributed by atoms with van der Waals surface area (Å²) in [5, 5.41) is 23.5. The van der Waals surface area contributed by atoms with Gasteiger partial charge >= 0.3 is 0 Å². The van der Waals surface area contributed by atoms with Gasteiger partial charge in [0, 0.05) is 24.2 Å². The molecule has 140 valence electrons. The van der Waals surface area contributed by atoms with Gasteiger partial charge in [-0.1, -0.05) is 11.6 Å². The number of tetrazole rings is 1. The standard InChI is InChI=1S/C16H19ClN10/c1-26-24-15(23-25-26)12-3-2-6-27(12)16-18-8-10(17)14(20-16)19-13-7-11(21-22-13)9-4-5-9/h7-9,12H,2-6H2,1H3,(H2,18,19,20,21,22). The first kappa shape index (κ1) is 16.4. The average molecular weight is 387 g/mol. The topological polar surface area (TPSA) is 113 Å². The highest BCUT2D eigenvalue weighted by Crippen LogP contribution is 2.40. The summed E-state index contributed by atoms with van der Waals surface area (Å²) in [6.07, 6.45) is 5.99. The molecule has 2 aliphatic rings. The van der Waals surface area contributed by atoms with Gasteiger partial charge in [-0.05, 0) is 30.9 Å². The summed E-state index contributed by atoms with van der Waals surface area (Å²) in [6, 6.07) is 2.03. The van der Waals surface area contributed by atoms with Gasteiger partial charge in [-0.25, -0.2) is 4.98 Å². The number of aromatic nitrogens is 8. The van der Waals surface area contributed by atoms with Crippen LogP contribution in [-0.2, 0) is 7.05 Å². The molecular weight excluding hydrogens is 368 g/mol.